The Morgan fingerprint density at radius 2 is 2.07 bits per heavy atom. The Labute approximate surface area is 88.2 Å². The van der Waals surface area contributed by atoms with Crippen LogP contribution in [0.3, 0.4) is 0 Å². The van der Waals surface area contributed by atoms with Crippen LogP contribution in [0.5, 0.6) is 0 Å². The lowest BCUT2D eigenvalue weighted by molar-refractivity contribution is 0.188. The normalized spacial score (nSPS) is 15.4. The number of rotatable bonds is 2. The van der Waals surface area contributed by atoms with Crippen LogP contribution < -0.4 is 11.3 Å². The zero-order valence-electron chi connectivity index (χ0n) is 8.51. The summed E-state index contributed by atoms with van der Waals surface area (Å²) in [6, 6.07) is 10.0. The van der Waals surface area contributed by atoms with Crippen LogP contribution in [-0.4, -0.2) is 16.7 Å². The number of benzene rings is 1. The van der Waals surface area contributed by atoms with Gasteiger partial charge in [0, 0.05) is 0 Å². The standard InChI is InChI=1S/C10H13N5/c1-8-10(11)13-15(14-12-8)7-9-5-3-2-4-6-9/h2-6,14H,7H2,1H3,(H2,11,13). The summed E-state index contributed by atoms with van der Waals surface area (Å²) in [6.45, 7) is 2.45. The molecule has 0 saturated carbocycles. The lowest BCUT2D eigenvalue weighted by atomic mass is 10.2. The number of amidine groups is 1. The van der Waals surface area contributed by atoms with E-state index in [9.17, 15) is 0 Å². The number of nitrogens with one attached hydrogen (secondary N) is 1. The fraction of sp³-hybridized carbons (Fsp3) is 0.200. The van der Waals surface area contributed by atoms with Crippen LogP contribution in [0, 0.1) is 0 Å². The van der Waals surface area contributed by atoms with E-state index in [0.29, 0.717) is 18.1 Å². The van der Waals surface area contributed by atoms with Crippen LogP contribution in [0.1, 0.15) is 12.5 Å². The summed E-state index contributed by atoms with van der Waals surface area (Å²) in [7, 11) is 0. The number of hydrogen-bond donors (Lipinski definition) is 2. The second kappa shape index (κ2) is 4.00. The van der Waals surface area contributed by atoms with Gasteiger partial charge in [-0.05, 0) is 12.5 Å². The van der Waals surface area contributed by atoms with Crippen molar-refractivity contribution in [3.63, 3.8) is 0 Å². The number of hydrazine groups is 1. The van der Waals surface area contributed by atoms with Gasteiger partial charge >= 0.3 is 0 Å². The minimum Gasteiger partial charge on any atom is -0.381 e. The fourth-order valence-electron chi connectivity index (χ4n) is 1.24. The van der Waals surface area contributed by atoms with Gasteiger partial charge < -0.3 is 5.73 Å². The van der Waals surface area contributed by atoms with E-state index >= 15 is 0 Å². The van der Waals surface area contributed by atoms with Crippen molar-refractivity contribution in [3.05, 3.63) is 35.9 Å². The zero-order chi connectivity index (χ0) is 10.7. The third kappa shape index (κ3) is 2.25. The van der Waals surface area contributed by atoms with Gasteiger partial charge in [-0.15, -0.1) is 5.10 Å². The average molecular weight is 203 g/mol. The molecule has 15 heavy (non-hydrogen) atoms. The van der Waals surface area contributed by atoms with E-state index in [1.165, 1.54) is 0 Å². The quantitative estimate of drug-likeness (QED) is 0.741. The van der Waals surface area contributed by atoms with Crippen molar-refractivity contribution < 1.29 is 0 Å². The molecule has 2 rings (SSSR count). The number of nitrogens with two attached hydrogens (primary N) is 1. The van der Waals surface area contributed by atoms with Crippen molar-refractivity contribution >= 4 is 11.5 Å². The van der Waals surface area contributed by atoms with Crippen LogP contribution in [0.4, 0.5) is 0 Å². The maximum atomic E-state index is 5.66. The molecule has 0 bridgehead atoms. The lowest BCUT2D eigenvalue weighted by Gasteiger charge is -2.22. The summed E-state index contributed by atoms with van der Waals surface area (Å²) in [5.41, 5.74) is 10.3. The molecule has 0 radical (unpaired) electrons. The summed E-state index contributed by atoms with van der Waals surface area (Å²) in [5, 5.41) is 9.78. The summed E-state index contributed by atoms with van der Waals surface area (Å²) in [4.78, 5) is 0. The minimum atomic E-state index is 0.449. The van der Waals surface area contributed by atoms with Crippen LogP contribution >= 0.6 is 0 Å². The molecule has 1 aliphatic heterocycles. The molecule has 1 aromatic rings. The summed E-state index contributed by atoms with van der Waals surface area (Å²) in [6.07, 6.45) is 0. The lowest BCUT2D eigenvalue weighted by Crippen LogP contribution is -2.39. The highest BCUT2D eigenvalue weighted by atomic mass is 15.8. The third-order valence-corrected chi connectivity index (χ3v) is 2.11. The fourth-order valence-corrected chi connectivity index (χ4v) is 1.24. The second-order valence-corrected chi connectivity index (χ2v) is 3.33. The van der Waals surface area contributed by atoms with Gasteiger partial charge in [-0.25, -0.2) is 5.53 Å². The Hall–Kier alpha value is -2.04. The molecule has 0 unspecified atom stereocenters. The van der Waals surface area contributed by atoms with Gasteiger partial charge in [-0.2, -0.15) is 10.2 Å². The Kier molecular flexibility index (Phi) is 2.53. The van der Waals surface area contributed by atoms with E-state index in [0.717, 1.165) is 5.56 Å². The highest BCUT2D eigenvalue weighted by Gasteiger charge is 2.09. The Morgan fingerprint density at radius 1 is 1.33 bits per heavy atom. The minimum absolute atomic E-state index is 0.449. The monoisotopic (exact) mass is 203 g/mol. The molecule has 3 N–H and O–H groups in total. The van der Waals surface area contributed by atoms with Crippen LogP contribution in [-0.2, 0) is 6.54 Å². The van der Waals surface area contributed by atoms with Gasteiger partial charge in [0.1, 0.15) is 5.71 Å². The first-order valence-corrected chi connectivity index (χ1v) is 4.71. The van der Waals surface area contributed by atoms with Gasteiger partial charge in [0.15, 0.2) is 5.84 Å². The molecule has 1 aliphatic rings. The number of hydrogen-bond acceptors (Lipinski definition) is 5. The SMILES string of the molecule is CC1=NNN(Cc2ccccc2)N=C1N. The van der Waals surface area contributed by atoms with Gasteiger partial charge in [0.25, 0.3) is 0 Å². The summed E-state index contributed by atoms with van der Waals surface area (Å²) < 4.78 is 0. The van der Waals surface area contributed by atoms with Crippen molar-refractivity contribution in [2.75, 3.05) is 0 Å². The predicted molar refractivity (Wildman–Crippen MR) is 59.9 cm³/mol. The van der Waals surface area contributed by atoms with Crippen LogP contribution in [0.25, 0.3) is 0 Å². The van der Waals surface area contributed by atoms with Crippen molar-refractivity contribution in [2.24, 2.45) is 15.9 Å². The largest absolute Gasteiger partial charge is 0.381 e. The van der Waals surface area contributed by atoms with Gasteiger partial charge in [-0.1, -0.05) is 30.3 Å². The molecule has 5 nitrogen and oxygen atoms in total. The van der Waals surface area contributed by atoms with E-state index in [1.54, 1.807) is 5.12 Å². The molecule has 0 spiro atoms. The van der Waals surface area contributed by atoms with E-state index in [1.807, 2.05) is 37.3 Å². The summed E-state index contributed by atoms with van der Waals surface area (Å²) in [5.74, 6) is 0.449. The van der Waals surface area contributed by atoms with Crippen molar-refractivity contribution in [3.8, 4) is 0 Å². The molecule has 0 amide bonds. The van der Waals surface area contributed by atoms with Crippen molar-refractivity contribution in [1.82, 2.24) is 10.7 Å². The zero-order valence-corrected chi connectivity index (χ0v) is 8.51. The molecule has 78 valence electrons. The summed E-state index contributed by atoms with van der Waals surface area (Å²) >= 11 is 0. The molecule has 0 saturated heterocycles. The van der Waals surface area contributed by atoms with Crippen LogP contribution in [0.2, 0.25) is 0 Å². The number of hydrazone groups is 2. The highest BCUT2D eigenvalue weighted by molar-refractivity contribution is 6.39. The molecule has 1 aromatic carbocycles. The number of nitrogens with zero attached hydrogens (tertiary/aromatic N) is 3. The third-order valence-electron chi connectivity index (χ3n) is 2.11. The van der Waals surface area contributed by atoms with Crippen molar-refractivity contribution in [2.45, 2.75) is 13.5 Å². The van der Waals surface area contributed by atoms with Crippen molar-refractivity contribution in [1.29, 1.82) is 0 Å². The first kappa shape index (κ1) is 9.51. The van der Waals surface area contributed by atoms with Crippen LogP contribution in [0.15, 0.2) is 40.5 Å². The molecule has 0 aromatic heterocycles. The second-order valence-electron chi connectivity index (χ2n) is 3.33. The average Bonchev–Trinajstić information content (AvgIpc) is 2.25. The molecule has 5 heteroatoms. The van der Waals surface area contributed by atoms with E-state index in [-0.39, 0.29) is 0 Å². The molecular weight excluding hydrogens is 190 g/mol. The predicted octanol–water partition coefficient (Wildman–Crippen LogP) is 0.655. The van der Waals surface area contributed by atoms with Gasteiger partial charge in [-0.3, -0.25) is 0 Å². The highest BCUT2D eigenvalue weighted by Crippen LogP contribution is 2.04. The topological polar surface area (TPSA) is 66.0 Å². The smallest absolute Gasteiger partial charge is 0.168 e. The first-order chi connectivity index (χ1) is 7.25. The Bertz CT molecular complexity index is 396. The molecule has 0 atom stereocenters. The molecule has 1 heterocycles. The maximum Gasteiger partial charge on any atom is 0.168 e. The van der Waals surface area contributed by atoms with Gasteiger partial charge in [0.05, 0.1) is 6.54 Å². The van der Waals surface area contributed by atoms with E-state index < -0.39 is 0 Å². The van der Waals surface area contributed by atoms with E-state index in [2.05, 4.69) is 15.7 Å². The Morgan fingerprint density at radius 3 is 2.73 bits per heavy atom. The molecule has 0 fully saturated rings. The molecule has 0 aliphatic carbocycles. The Balaban J connectivity index is 2.04. The van der Waals surface area contributed by atoms with Gasteiger partial charge in [0.2, 0.25) is 0 Å². The van der Waals surface area contributed by atoms with E-state index in [4.69, 9.17) is 5.73 Å². The maximum absolute atomic E-state index is 5.66. The first-order valence-electron chi connectivity index (χ1n) is 4.71. The molecular formula is C10H13N5.